The van der Waals surface area contributed by atoms with Gasteiger partial charge in [0.2, 0.25) is 10.0 Å². The Hall–Kier alpha value is -3.62. The fourth-order valence-electron chi connectivity index (χ4n) is 4.17. The van der Waals surface area contributed by atoms with Crippen molar-refractivity contribution in [2.45, 2.75) is 24.2 Å². The molecule has 1 N–H and O–H groups in total. The van der Waals surface area contributed by atoms with Gasteiger partial charge in [-0.05, 0) is 61.4 Å². The van der Waals surface area contributed by atoms with E-state index in [1.807, 2.05) is 42.5 Å². The van der Waals surface area contributed by atoms with Gasteiger partial charge in [-0.25, -0.2) is 13.4 Å². The number of fused-ring (bicyclic) bond motifs is 1. The van der Waals surface area contributed by atoms with Crippen molar-refractivity contribution in [1.29, 1.82) is 0 Å². The zero-order valence-corrected chi connectivity index (χ0v) is 19.3. The quantitative estimate of drug-likeness (QED) is 0.454. The first-order valence-corrected chi connectivity index (χ1v) is 12.7. The fraction of sp³-hybridized carbons (Fsp3) is 0.192. The number of nitrogens with zero attached hydrogens (tertiary/aromatic N) is 3. The number of hydrogen-bond acceptors (Lipinski definition) is 5. The van der Waals surface area contributed by atoms with Crippen LogP contribution in [0, 0.1) is 0 Å². The minimum Gasteiger partial charge on any atom is -0.322 e. The molecule has 0 unspecified atom stereocenters. The van der Waals surface area contributed by atoms with Crippen LogP contribution in [0.25, 0.3) is 22.3 Å². The SMILES string of the molecule is O=C(Nc1ccc(S(=O)(=O)N2CCCCC2)cc1)c1cc(-c2ccccn2)nc2ccccc12. The lowest BCUT2D eigenvalue weighted by Gasteiger charge is -2.25. The molecule has 3 heterocycles. The first-order chi connectivity index (χ1) is 16.5. The van der Waals surface area contributed by atoms with Crippen LogP contribution in [0.5, 0.6) is 0 Å². The largest absolute Gasteiger partial charge is 0.322 e. The summed E-state index contributed by atoms with van der Waals surface area (Å²) in [6, 6.07) is 21.1. The van der Waals surface area contributed by atoms with E-state index in [0.29, 0.717) is 41.2 Å². The molecule has 1 fully saturated rings. The highest BCUT2D eigenvalue weighted by atomic mass is 32.2. The summed E-state index contributed by atoms with van der Waals surface area (Å²) in [5.74, 6) is -0.303. The van der Waals surface area contributed by atoms with E-state index in [2.05, 4.69) is 15.3 Å². The van der Waals surface area contributed by atoms with Gasteiger partial charge < -0.3 is 5.32 Å². The Bertz CT molecular complexity index is 1430. The predicted molar refractivity (Wildman–Crippen MR) is 132 cm³/mol. The van der Waals surface area contributed by atoms with Gasteiger partial charge in [0.25, 0.3) is 5.91 Å². The predicted octanol–water partition coefficient (Wildman–Crippen LogP) is 4.72. The van der Waals surface area contributed by atoms with Gasteiger partial charge in [0.15, 0.2) is 0 Å². The van der Waals surface area contributed by atoms with Crippen molar-refractivity contribution in [3.05, 3.63) is 84.6 Å². The number of benzene rings is 2. The average molecular weight is 473 g/mol. The van der Waals surface area contributed by atoms with Gasteiger partial charge in [0.05, 0.1) is 27.4 Å². The van der Waals surface area contributed by atoms with E-state index in [-0.39, 0.29) is 10.8 Å². The Morgan fingerprint density at radius 3 is 2.32 bits per heavy atom. The molecule has 0 aliphatic carbocycles. The number of piperidine rings is 1. The molecule has 0 radical (unpaired) electrons. The van der Waals surface area contributed by atoms with Crippen molar-refractivity contribution in [3.63, 3.8) is 0 Å². The summed E-state index contributed by atoms with van der Waals surface area (Å²) in [6.07, 6.45) is 4.51. The first kappa shape index (κ1) is 22.2. The Balaban J connectivity index is 1.43. The Morgan fingerprint density at radius 2 is 1.59 bits per heavy atom. The number of carbonyl (C=O) groups excluding carboxylic acids is 1. The molecule has 5 rings (SSSR count). The molecule has 1 aliphatic heterocycles. The standard InChI is InChI=1S/C26H24N4O3S/c31-26(28-19-11-13-20(14-12-19)34(32,33)30-16-6-1-7-17-30)22-18-25(24-10-4-5-15-27-24)29-23-9-3-2-8-21(22)23/h2-5,8-15,18H,1,6-7,16-17H2,(H,28,31). The van der Waals surface area contributed by atoms with Crippen LogP contribution < -0.4 is 5.32 Å². The fourth-order valence-corrected chi connectivity index (χ4v) is 5.69. The van der Waals surface area contributed by atoms with E-state index in [9.17, 15) is 13.2 Å². The van der Waals surface area contributed by atoms with E-state index in [0.717, 1.165) is 24.6 Å². The number of carbonyl (C=O) groups is 1. The number of amides is 1. The highest BCUT2D eigenvalue weighted by Crippen LogP contribution is 2.26. The number of para-hydroxylation sites is 1. The summed E-state index contributed by atoms with van der Waals surface area (Å²) in [5.41, 5.74) is 2.96. The van der Waals surface area contributed by atoms with Crippen LogP contribution in [0.1, 0.15) is 29.6 Å². The van der Waals surface area contributed by atoms with Crippen LogP contribution in [-0.2, 0) is 10.0 Å². The van der Waals surface area contributed by atoms with Gasteiger partial charge >= 0.3 is 0 Å². The van der Waals surface area contributed by atoms with E-state index in [4.69, 9.17) is 0 Å². The maximum absolute atomic E-state index is 13.3. The second kappa shape index (κ2) is 9.32. The smallest absolute Gasteiger partial charge is 0.256 e. The van der Waals surface area contributed by atoms with Gasteiger partial charge in [-0.15, -0.1) is 0 Å². The number of aromatic nitrogens is 2. The molecule has 4 aromatic rings. The summed E-state index contributed by atoms with van der Waals surface area (Å²) < 4.78 is 27.3. The van der Waals surface area contributed by atoms with E-state index in [1.54, 1.807) is 36.5 Å². The molecule has 0 spiro atoms. The second-order valence-electron chi connectivity index (χ2n) is 8.23. The molecule has 0 atom stereocenters. The molecule has 0 bridgehead atoms. The van der Waals surface area contributed by atoms with Crippen molar-refractivity contribution in [2.24, 2.45) is 0 Å². The number of pyridine rings is 2. The minimum absolute atomic E-state index is 0.235. The number of sulfonamides is 1. The minimum atomic E-state index is -3.52. The van der Waals surface area contributed by atoms with E-state index >= 15 is 0 Å². The van der Waals surface area contributed by atoms with Gasteiger partial charge in [-0.3, -0.25) is 9.78 Å². The topological polar surface area (TPSA) is 92.3 Å². The third-order valence-corrected chi connectivity index (χ3v) is 7.87. The van der Waals surface area contributed by atoms with Crippen LogP contribution in [0.15, 0.2) is 83.9 Å². The van der Waals surface area contributed by atoms with Crippen molar-refractivity contribution in [1.82, 2.24) is 14.3 Å². The second-order valence-corrected chi connectivity index (χ2v) is 10.2. The van der Waals surface area contributed by atoms with Crippen molar-refractivity contribution in [3.8, 4) is 11.4 Å². The average Bonchev–Trinajstić information content (AvgIpc) is 2.89. The molecule has 2 aromatic heterocycles. The molecule has 1 amide bonds. The lowest BCUT2D eigenvalue weighted by molar-refractivity contribution is 0.102. The highest BCUT2D eigenvalue weighted by Gasteiger charge is 2.25. The summed E-state index contributed by atoms with van der Waals surface area (Å²) >= 11 is 0. The van der Waals surface area contributed by atoms with Crippen LogP contribution >= 0.6 is 0 Å². The highest BCUT2D eigenvalue weighted by molar-refractivity contribution is 7.89. The zero-order valence-electron chi connectivity index (χ0n) is 18.5. The van der Waals surface area contributed by atoms with Gasteiger partial charge in [-0.2, -0.15) is 4.31 Å². The van der Waals surface area contributed by atoms with Crippen molar-refractivity contribution >= 4 is 32.5 Å². The molecular weight excluding hydrogens is 448 g/mol. The molecule has 1 saturated heterocycles. The summed E-state index contributed by atoms with van der Waals surface area (Å²) in [5, 5.41) is 3.62. The summed E-state index contributed by atoms with van der Waals surface area (Å²) in [7, 11) is -3.52. The van der Waals surface area contributed by atoms with E-state index < -0.39 is 10.0 Å². The van der Waals surface area contributed by atoms with Gasteiger partial charge in [0.1, 0.15) is 0 Å². The molecule has 8 heteroatoms. The maximum Gasteiger partial charge on any atom is 0.256 e. The molecule has 34 heavy (non-hydrogen) atoms. The van der Waals surface area contributed by atoms with Crippen molar-refractivity contribution in [2.75, 3.05) is 18.4 Å². The Kier molecular flexibility index (Phi) is 6.08. The molecule has 172 valence electrons. The lowest BCUT2D eigenvalue weighted by atomic mass is 10.1. The van der Waals surface area contributed by atoms with Crippen LogP contribution in [0.4, 0.5) is 5.69 Å². The third-order valence-electron chi connectivity index (χ3n) is 5.95. The summed E-state index contributed by atoms with van der Waals surface area (Å²) in [4.78, 5) is 22.5. The molecular formula is C26H24N4O3S. The Morgan fingerprint density at radius 1 is 0.853 bits per heavy atom. The van der Waals surface area contributed by atoms with E-state index in [1.165, 1.54) is 4.31 Å². The van der Waals surface area contributed by atoms with Crippen LogP contribution in [0.2, 0.25) is 0 Å². The lowest BCUT2D eigenvalue weighted by Crippen LogP contribution is -2.35. The van der Waals surface area contributed by atoms with Crippen LogP contribution in [-0.4, -0.2) is 41.7 Å². The maximum atomic E-state index is 13.3. The monoisotopic (exact) mass is 472 g/mol. The third kappa shape index (κ3) is 4.42. The summed E-state index contributed by atoms with van der Waals surface area (Å²) in [6.45, 7) is 1.10. The molecule has 0 saturated carbocycles. The number of hydrogen-bond donors (Lipinski definition) is 1. The number of rotatable bonds is 5. The molecule has 7 nitrogen and oxygen atoms in total. The number of nitrogens with one attached hydrogen (secondary N) is 1. The van der Waals surface area contributed by atoms with Crippen molar-refractivity contribution < 1.29 is 13.2 Å². The zero-order chi connectivity index (χ0) is 23.5. The normalized spacial score (nSPS) is 14.7. The molecule has 1 aliphatic rings. The van der Waals surface area contributed by atoms with Crippen LogP contribution in [0.3, 0.4) is 0 Å². The first-order valence-electron chi connectivity index (χ1n) is 11.3. The Labute approximate surface area is 198 Å². The van der Waals surface area contributed by atoms with Gasteiger partial charge in [0, 0.05) is 30.4 Å². The van der Waals surface area contributed by atoms with Gasteiger partial charge in [-0.1, -0.05) is 30.7 Å². The molecule has 2 aromatic carbocycles. The number of anilines is 1.